The molecule has 1 fully saturated rings. The van der Waals surface area contributed by atoms with Gasteiger partial charge < -0.3 is 10.2 Å². The van der Waals surface area contributed by atoms with Crippen LogP contribution < -0.4 is 5.32 Å². The van der Waals surface area contributed by atoms with Gasteiger partial charge in [0, 0.05) is 31.2 Å². The lowest BCUT2D eigenvalue weighted by Gasteiger charge is -2.42. The van der Waals surface area contributed by atoms with Gasteiger partial charge in [0.05, 0.1) is 6.04 Å². The van der Waals surface area contributed by atoms with Gasteiger partial charge in [-0.05, 0) is 27.2 Å². The summed E-state index contributed by atoms with van der Waals surface area (Å²) >= 11 is 0. The summed E-state index contributed by atoms with van der Waals surface area (Å²) in [5.41, 5.74) is 0.398. The standard InChI is InChI=1S/C14H21F2N3/c1-17-14(10-5-4-6-11(15)13(10)16)12-9-18(2)7-8-19(12)3/h4-6,12,14,17H,7-9H2,1-3H3. The number of piperazine rings is 1. The second-order valence-corrected chi connectivity index (χ2v) is 5.22. The van der Waals surface area contributed by atoms with E-state index in [1.165, 1.54) is 0 Å². The molecule has 0 aromatic heterocycles. The van der Waals surface area contributed by atoms with Crippen molar-refractivity contribution in [1.82, 2.24) is 15.1 Å². The average Bonchev–Trinajstić information content (AvgIpc) is 2.39. The summed E-state index contributed by atoms with van der Waals surface area (Å²) in [5, 5.41) is 3.13. The van der Waals surface area contributed by atoms with Crippen molar-refractivity contribution in [3.8, 4) is 0 Å². The molecular weight excluding hydrogens is 248 g/mol. The molecule has 0 amide bonds. The Balaban J connectivity index is 2.30. The maximum atomic E-state index is 14.0. The Hall–Kier alpha value is -1.04. The first-order chi connectivity index (χ1) is 9.04. The maximum Gasteiger partial charge on any atom is 0.163 e. The minimum absolute atomic E-state index is 0.125. The van der Waals surface area contributed by atoms with E-state index in [2.05, 4.69) is 22.2 Å². The number of hydrogen-bond donors (Lipinski definition) is 1. The first kappa shape index (κ1) is 14.4. The molecule has 2 unspecified atom stereocenters. The van der Waals surface area contributed by atoms with E-state index in [-0.39, 0.29) is 12.1 Å². The summed E-state index contributed by atoms with van der Waals surface area (Å²) in [5.74, 6) is -1.53. The zero-order valence-electron chi connectivity index (χ0n) is 11.7. The highest BCUT2D eigenvalue weighted by molar-refractivity contribution is 5.24. The zero-order chi connectivity index (χ0) is 14.0. The number of benzene rings is 1. The predicted molar refractivity (Wildman–Crippen MR) is 72.1 cm³/mol. The van der Waals surface area contributed by atoms with Crippen LogP contribution in [0.15, 0.2) is 18.2 Å². The number of nitrogens with one attached hydrogen (secondary N) is 1. The summed E-state index contributed by atoms with van der Waals surface area (Å²) in [6, 6.07) is 4.28. The molecule has 1 aromatic carbocycles. The number of nitrogens with zero attached hydrogens (tertiary/aromatic N) is 2. The molecule has 1 saturated heterocycles. The van der Waals surface area contributed by atoms with Crippen molar-refractivity contribution in [2.24, 2.45) is 0 Å². The van der Waals surface area contributed by atoms with Crippen LogP contribution in [0, 0.1) is 11.6 Å². The van der Waals surface area contributed by atoms with Gasteiger partial charge in [0.2, 0.25) is 0 Å². The highest BCUT2D eigenvalue weighted by Gasteiger charge is 2.31. The Morgan fingerprint density at radius 1 is 1.26 bits per heavy atom. The average molecular weight is 269 g/mol. The zero-order valence-corrected chi connectivity index (χ0v) is 11.7. The highest BCUT2D eigenvalue weighted by Crippen LogP contribution is 2.26. The lowest BCUT2D eigenvalue weighted by atomic mass is 9.96. The first-order valence-electron chi connectivity index (χ1n) is 6.54. The second-order valence-electron chi connectivity index (χ2n) is 5.22. The van der Waals surface area contributed by atoms with Crippen molar-refractivity contribution in [1.29, 1.82) is 0 Å². The van der Waals surface area contributed by atoms with E-state index in [1.54, 1.807) is 19.2 Å². The van der Waals surface area contributed by atoms with Crippen LogP contribution in [0.25, 0.3) is 0 Å². The lowest BCUT2D eigenvalue weighted by Crippen LogP contribution is -2.54. The Kier molecular flexibility index (Phi) is 4.50. The molecule has 1 aromatic rings. The number of rotatable bonds is 3. The van der Waals surface area contributed by atoms with E-state index >= 15 is 0 Å². The molecule has 19 heavy (non-hydrogen) atoms. The van der Waals surface area contributed by atoms with Crippen LogP contribution in [-0.4, -0.2) is 56.6 Å². The fourth-order valence-corrected chi connectivity index (χ4v) is 2.72. The van der Waals surface area contributed by atoms with E-state index in [0.717, 1.165) is 25.7 Å². The van der Waals surface area contributed by atoms with Crippen molar-refractivity contribution in [3.05, 3.63) is 35.4 Å². The van der Waals surface area contributed by atoms with Crippen LogP contribution in [0.2, 0.25) is 0 Å². The molecule has 5 heteroatoms. The van der Waals surface area contributed by atoms with Gasteiger partial charge in [0.1, 0.15) is 0 Å². The van der Waals surface area contributed by atoms with Gasteiger partial charge in [-0.15, -0.1) is 0 Å². The molecule has 1 heterocycles. The molecule has 0 saturated carbocycles. The molecule has 3 nitrogen and oxygen atoms in total. The van der Waals surface area contributed by atoms with Crippen LogP contribution in [0.3, 0.4) is 0 Å². The van der Waals surface area contributed by atoms with Gasteiger partial charge in [-0.2, -0.15) is 0 Å². The van der Waals surface area contributed by atoms with Gasteiger partial charge in [-0.25, -0.2) is 8.78 Å². The minimum atomic E-state index is -0.787. The lowest BCUT2D eigenvalue weighted by molar-refractivity contribution is 0.0886. The van der Waals surface area contributed by atoms with E-state index < -0.39 is 11.6 Å². The summed E-state index contributed by atoms with van der Waals surface area (Å²) in [6.45, 7) is 2.75. The van der Waals surface area contributed by atoms with Crippen LogP contribution in [0.1, 0.15) is 11.6 Å². The quantitative estimate of drug-likeness (QED) is 0.896. The molecule has 1 aliphatic rings. The third kappa shape index (κ3) is 2.94. The smallest absolute Gasteiger partial charge is 0.163 e. The van der Waals surface area contributed by atoms with E-state index in [4.69, 9.17) is 0 Å². The minimum Gasteiger partial charge on any atom is -0.312 e. The topological polar surface area (TPSA) is 18.5 Å². The Morgan fingerprint density at radius 2 is 2.00 bits per heavy atom. The summed E-state index contributed by atoms with van der Waals surface area (Å²) in [6.07, 6.45) is 0. The Labute approximate surface area is 113 Å². The molecule has 0 aliphatic carbocycles. The number of likely N-dealkylation sites (N-methyl/N-ethyl adjacent to an activating group) is 3. The van der Waals surface area contributed by atoms with Crippen molar-refractivity contribution < 1.29 is 8.78 Å². The largest absolute Gasteiger partial charge is 0.312 e. The van der Waals surface area contributed by atoms with Crippen LogP contribution >= 0.6 is 0 Å². The molecular formula is C14H21F2N3. The summed E-state index contributed by atoms with van der Waals surface area (Å²) in [7, 11) is 5.87. The second kappa shape index (κ2) is 5.94. The third-order valence-electron chi connectivity index (χ3n) is 3.91. The fraction of sp³-hybridized carbons (Fsp3) is 0.571. The molecule has 1 N–H and O–H groups in total. The third-order valence-corrected chi connectivity index (χ3v) is 3.91. The normalized spacial score (nSPS) is 23.5. The Bertz CT molecular complexity index is 439. The summed E-state index contributed by atoms with van der Waals surface area (Å²) < 4.78 is 27.4. The molecule has 0 spiro atoms. The highest BCUT2D eigenvalue weighted by atomic mass is 19.2. The predicted octanol–water partition coefficient (Wildman–Crippen LogP) is 1.47. The molecule has 1 aliphatic heterocycles. The van der Waals surface area contributed by atoms with Crippen molar-refractivity contribution in [2.45, 2.75) is 12.1 Å². The molecule has 0 bridgehead atoms. The number of halogens is 2. The van der Waals surface area contributed by atoms with E-state index in [0.29, 0.717) is 5.56 Å². The SMILES string of the molecule is CNC(c1cccc(F)c1F)C1CN(C)CCN1C. The summed E-state index contributed by atoms with van der Waals surface area (Å²) in [4.78, 5) is 4.41. The van der Waals surface area contributed by atoms with Crippen LogP contribution in [0.4, 0.5) is 8.78 Å². The van der Waals surface area contributed by atoms with E-state index in [9.17, 15) is 8.78 Å². The van der Waals surface area contributed by atoms with Crippen molar-refractivity contribution >= 4 is 0 Å². The molecule has 2 rings (SSSR count). The van der Waals surface area contributed by atoms with Crippen LogP contribution in [-0.2, 0) is 0 Å². The monoisotopic (exact) mass is 269 g/mol. The maximum absolute atomic E-state index is 14.0. The van der Waals surface area contributed by atoms with Gasteiger partial charge in [0.15, 0.2) is 11.6 Å². The Morgan fingerprint density at radius 3 is 2.68 bits per heavy atom. The van der Waals surface area contributed by atoms with Gasteiger partial charge in [0.25, 0.3) is 0 Å². The number of hydrogen-bond acceptors (Lipinski definition) is 3. The van der Waals surface area contributed by atoms with Crippen molar-refractivity contribution in [3.63, 3.8) is 0 Å². The molecule has 0 radical (unpaired) electrons. The van der Waals surface area contributed by atoms with Crippen LogP contribution in [0.5, 0.6) is 0 Å². The van der Waals surface area contributed by atoms with Gasteiger partial charge >= 0.3 is 0 Å². The fourth-order valence-electron chi connectivity index (χ4n) is 2.72. The van der Waals surface area contributed by atoms with Gasteiger partial charge in [-0.1, -0.05) is 12.1 Å². The molecule has 2 atom stereocenters. The van der Waals surface area contributed by atoms with Gasteiger partial charge in [-0.3, -0.25) is 4.90 Å². The molecule has 106 valence electrons. The van der Waals surface area contributed by atoms with Crippen molar-refractivity contribution in [2.75, 3.05) is 40.8 Å². The van der Waals surface area contributed by atoms with E-state index in [1.807, 2.05) is 7.05 Å². The first-order valence-corrected chi connectivity index (χ1v) is 6.54.